The van der Waals surface area contributed by atoms with Gasteiger partial charge in [-0.2, -0.15) is 0 Å². The Balaban J connectivity index is 1.85. The monoisotopic (exact) mass is 564 g/mol. The number of carboxylic acids is 1. The van der Waals surface area contributed by atoms with Crippen LogP contribution < -0.4 is 9.64 Å². The molecule has 1 spiro atoms. The lowest BCUT2D eigenvalue weighted by atomic mass is 9.70. The van der Waals surface area contributed by atoms with Gasteiger partial charge < -0.3 is 29.5 Å². The Labute approximate surface area is 219 Å². The SMILES string of the molecule is C=CCN(C(=O)C1N([C@@H](CO)[C@@H](C)CC)C(=O)[C@@H]2[C@@H](C(=O)O)[C@@H]3OC12CC3Br)c1ccc(OC)cc1. The first-order chi connectivity index (χ1) is 17.2. The number of aliphatic hydroxyl groups excluding tert-OH is 1. The van der Waals surface area contributed by atoms with E-state index in [2.05, 4.69) is 22.5 Å². The van der Waals surface area contributed by atoms with Gasteiger partial charge in [0.05, 0.1) is 37.7 Å². The van der Waals surface area contributed by atoms with Gasteiger partial charge in [0.25, 0.3) is 5.91 Å². The molecule has 3 fully saturated rings. The lowest BCUT2D eigenvalue weighted by molar-refractivity contribution is -0.151. The minimum atomic E-state index is -1.32. The summed E-state index contributed by atoms with van der Waals surface area (Å²) in [7, 11) is 1.55. The van der Waals surface area contributed by atoms with Crippen LogP contribution in [-0.4, -0.2) is 81.8 Å². The number of amides is 2. The number of hydrogen-bond donors (Lipinski definition) is 2. The van der Waals surface area contributed by atoms with E-state index in [0.717, 1.165) is 0 Å². The molecule has 3 saturated heterocycles. The first-order valence-electron chi connectivity index (χ1n) is 12.2. The summed E-state index contributed by atoms with van der Waals surface area (Å²) >= 11 is 3.55. The Hall–Kier alpha value is -2.43. The molecule has 196 valence electrons. The molecule has 36 heavy (non-hydrogen) atoms. The van der Waals surface area contributed by atoms with Crippen LogP contribution in [0.5, 0.6) is 5.75 Å². The molecular weight excluding hydrogens is 532 g/mol. The molecule has 8 atom stereocenters. The number of halogens is 1. The molecule has 4 rings (SSSR count). The zero-order valence-corrected chi connectivity index (χ0v) is 22.3. The fraction of sp³-hybridized carbons (Fsp3) is 0.577. The standard InChI is InChI=1S/C26H33BrN2O7/c1-5-11-28(15-7-9-16(35-4)10-8-15)24(32)22-26-12-17(27)21(36-26)19(25(33)34)20(26)23(31)29(22)18(13-30)14(3)6-2/h5,7-10,14,17-22,30H,1,6,11-13H2,2-4H3,(H,33,34)/t14-,17?,18-,19+,20-,21+,22?,26?/m0/s1. The molecule has 2 amide bonds. The summed E-state index contributed by atoms with van der Waals surface area (Å²) < 4.78 is 11.6. The van der Waals surface area contributed by atoms with E-state index in [9.17, 15) is 24.6 Å². The quantitative estimate of drug-likeness (QED) is 0.331. The van der Waals surface area contributed by atoms with Gasteiger partial charge in [-0.3, -0.25) is 14.4 Å². The Morgan fingerprint density at radius 2 is 2.06 bits per heavy atom. The third-order valence-corrected chi connectivity index (χ3v) is 8.90. The molecule has 0 saturated carbocycles. The number of ether oxygens (including phenoxy) is 2. The van der Waals surface area contributed by atoms with E-state index >= 15 is 0 Å². The number of anilines is 1. The van der Waals surface area contributed by atoms with Crippen LogP contribution in [-0.2, 0) is 19.1 Å². The second-order valence-electron chi connectivity index (χ2n) is 9.82. The number of aliphatic carboxylic acids is 1. The predicted molar refractivity (Wildman–Crippen MR) is 136 cm³/mol. The third-order valence-electron chi connectivity index (χ3n) is 8.05. The molecule has 1 aromatic rings. The number of likely N-dealkylation sites (tertiary alicyclic amines) is 1. The number of aliphatic hydroxyl groups is 1. The number of rotatable bonds is 10. The number of methoxy groups -OCH3 is 1. The van der Waals surface area contributed by atoms with Gasteiger partial charge in [0.2, 0.25) is 5.91 Å². The molecule has 3 unspecified atom stereocenters. The van der Waals surface area contributed by atoms with Crippen LogP contribution >= 0.6 is 15.9 Å². The van der Waals surface area contributed by atoms with E-state index in [0.29, 0.717) is 24.3 Å². The van der Waals surface area contributed by atoms with Crippen LogP contribution in [0.1, 0.15) is 26.7 Å². The maximum atomic E-state index is 14.4. The molecule has 3 aliphatic rings. The van der Waals surface area contributed by atoms with E-state index < -0.39 is 53.4 Å². The molecule has 1 aromatic carbocycles. The van der Waals surface area contributed by atoms with E-state index in [1.807, 2.05) is 13.8 Å². The van der Waals surface area contributed by atoms with E-state index in [4.69, 9.17) is 9.47 Å². The average molecular weight is 565 g/mol. The van der Waals surface area contributed by atoms with Crippen molar-refractivity contribution in [2.75, 3.05) is 25.2 Å². The fourth-order valence-electron chi connectivity index (χ4n) is 6.16. The van der Waals surface area contributed by atoms with Gasteiger partial charge in [0.15, 0.2) is 0 Å². The van der Waals surface area contributed by atoms with E-state index in [1.54, 1.807) is 37.5 Å². The van der Waals surface area contributed by atoms with Crippen molar-refractivity contribution in [3.63, 3.8) is 0 Å². The summed E-state index contributed by atoms with van der Waals surface area (Å²) in [6.07, 6.45) is 1.85. The number of hydrogen-bond acceptors (Lipinski definition) is 6. The van der Waals surface area contributed by atoms with Crippen molar-refractivity contribution < 1.29 is 34.1 Å². The summed E-state index contributed by atoms with van der Waals surface area (Å²) in [6.45, 7) is 7.47. The highest BCUT2D eigenvalue weighted by Gasteiger charge is 2.77. The average Bonchev–Trinajstić information content (AvgIpc) is 3.46. The predicted octanol–water partition coefficient (Wildman–Crippen LogP) is 2.45. The maximum Gasteiger partial charge on any atom is 0.310 e. The largest absolute Gasteiger partial charge is 0.497 e. The Morgan fingerprint density at radius 1 is 1.39 bits per heavy atom. The molecule has 0 aliphatic carbocycles. The zero-order valence-electron chi connectivity index (χ0n) is 20.7. The van der Waals surface area contributed by atoms with Crippen LogP contribution in [0.4, 0.5) is 5.69 Å². The number of fused-ring (bicyclic) bond motifs is 1. The second-order valence-corrected chi connectivity index (χ2v) is 11.0. The van der Waals surface area contributed by atoms with Gasteiger partial charge in [0, 0.05) is 17.1 Å². The number of nitrogens with zero attached hydrogens (tertiary/aromatic N) is 2. The highest BCUT2D eigenvalue weighted by molar-refractivity contribution is 9.09. The van der Waals surface area contributed by atoms with Crippen LogP contribution in [0.3, 0.4) is 0 Å². The molecule has 3 aliphatic heterocycles. The molecule has 2 bridgehead atoms. The lowest BCUT2D eigenvalue weighted by Crippen LogP contribution is -2.60. The van der Waals surface area contributed by atoms with Crippen molar-refractivity contribution in [3.8, 4) is 5.75 Å². The van der Waals surface area contributed by atoms with E-state index in [-0.39, 0.29) is 23.9 Å². The van der Waals surface area contributed by atoms with Gasteiger partial charge in [-0.15, -0.1) is 6.58 Å². The third kappa shape index (κ3) is 3.94. The molecule has 2 N–H and O–H groups in total. The topological polar surface area (TPSA) is 117 Å². The normalized spacial score (nSPS) is 32.2. The first kappa shape index (κ1) is 26.6. The van der Waals surface area contributed by atoms with Crippen LogP contribution in [0, 0.1) is 17.8 Å². The Morgan fingerprint density at radius 3 is 2.58 bits per heavy atom. The zero-order chi connectivity index (χ0) is 26.4. The molecule has 0 radical (unpaired) electrons. The number of alkyl halides is 1. The first-order valence-corrected chi connectivity index (χ1v) is 13.1. The molecule has 10 heteroatoms. The van der Waals surface area contributed by atoms with Crippen molar-refractivity contribution in [1.29, 1.82) is 0 Å². The summed E-state index contributed by atoms with van der Waals surface area (Å²) in [5.41, 5.74) is -0.738. The van der Waals surface area contributed by atoms with Crippen molar-refractivity contribution in [1.82, 2.24) is 4.90 Å². The van der Waals surface area contributed by atoms with Crippen LogP contribution in [0.25, 0.3) is 0 Å². The maximum absolute atomic E-state index is 14.4. The summed E-state index contributed by atoms with van der Waals surface area (Å²) in [4.78, 5) is 43.3. The van der Waals surface area contributed by atoms with Crippen LogP contribution in [0.2, 0.25) is 0 Å². The smallest absolute Gasteiger partial charge is 0.310 e. The van der Waals surface area contributed by atoms with Crippen molar-refractivity contribution in [3.05, 3.63) is 36.9 Å². The van der Waals surface area contributed by atoms with Crippen molar-refractivity contribution in [2.24, 2.45) is 17.8 Å². The number of carboxylic acid groups (broad SMARTS) is 1. The number of carbonyl (C=O) groups is 3. The minimum absolute atomic E-state index is 0.126. The Bertz CT molecular complexity index is 1030. The highest BCUT2D eigenvalue weighted by Crippen LogP contribution is 2.60. The Kier molecular flexibility index (Phi) is 7.50. The fourth-order valence-corrected chi connectivity index (χ4v) is 7.10. The summed E-state index contributed by atoms with van der Waals surface area (Å²) in [6, 6.07) is 5.20. The molecular formula is C26H33BrN2O7. The van der Waals surface area contributed by atoms with Gasteiger partial charge >= 0.3 is 5.97 Å². The van der Waals surface area contributed by atoms with Crippen LogP contribution in [0.15, 0.2) is 36.9 Å². The number of benzene rings is 1. The minimum Gasteiger partial charge on any atom is -0.497 e. The molecule has 0 aromatic heterocycles. The van der Waals surface area contributed by atoms with E-state index in [1.165, 1.54) is 9.80 Å². The second kappa shape index (κ2) is 10.1. The molecule has 3 heterocycles. The lowest BCUT2D eigenvalue weighted by Gasteiger charge is -2.41. The highest BCUT2D eigenvalue weighted by atomic mass is 79.9. The van der Waals surface area contributed by atoms with Gasteiger partial charge in [-0.25, -0.2) is 0 Å². The van der Waals surface area contributed by atoms with Gasteiger partial charge in [-0.05, 0) is 36.6 Å². The summed E-state index contributed by atoms with van der Waals surface area (Å²) in [5.74, 6) is -3.57. The van der Waals surface area contributed by atoms with Crippen molar-refractivity contribution in [2.45, 2.75) is 55.3 Å². The van der Waals surface area contributed by atoms with Gasteiger partial charge in [-0.1, -0.05) is 42.3 Å². The summed E-state index contributed by atoms with van der Waals surface area (Å²) in [5, 5.41) is 20.4. The molecule has 9 nitrogen and oxygen atoms in total. The number of carbonyl (C=O) groups excluding carboxylic acids is 2. The van der Waals surface area contributed by atoms with Gasteiger partial charge in [0.1, 0.15) is 17.4 Å². The van der Waals surface area contributed by atoms with Crippen molar-refractivity contribution >= 4 is 39.4 Å².